The highest BCUT2D eigenvalue weighted by Gasteiger charge is 2.17. The lowest BCUT2D eigenvalue weighted by atomic mass is 10.2. The number of carbonyl (C=O) groups excluding carboxylic acids is 1. The van der Waals surface area contributed by atoms with Gasteiger partial charge in [-0.05, 0) is 38.1 Å². The summed E-state index contributed by atoms with van der Waals surface area (Å²) in [7, 11) is 0. The standard InChI is InChI=1S/C19H19ClN4OS/c1-13(2)21-17(25)12-26-19-23-22-18(14-6-4-3-5-7-14)24(19)16-10-8-15(20)9-11-16/h3-11,13H,12H2,1-2H3,(H,21,25). The van der Waals surface area contributed by atoms with Crippen molar-refractivity contribution in [3.05, 3.63) is 59.6 Å². The highest BCUT2D eigenvalue weighted by Crippen LogP contribution is 2.28. The van der Waals surface area contributed by atoms with E-state index in [0.29, 0.717) is 10.2 Å². The van der Waals surface area contributed by atoms with Gasteiger partial charge in [-0.2, -0.15) is 0 Å². The molecular weight excluding hydrogens is 368 g/mol. The summed E-state index contributed by atoms with van der Waals surface area (Å²) in [6.07, 6.45) is 0. The molecule has 0 atom stereocenters. The molecule has 1 amide bonds. The Morgan fingerprint density at radius 2 is 1.81 bits per heavy atom. The van der Waals surface area contributed by atoms with Crippen LogP contribution in [0.1, 0.15) is 13.8 Å². The number of benzene rings is 2. The maximum Gasteiger partial charge on any atom is 0.230 e. The van der Waals surface area contributed by atoms with Gasteiger partial charge in [0.1, 0.15) is 0 Å². The van der Waals surface area contributed by atoms with Crippen molar-refractivity contribution in [2.45, 2.75) is 25.0 Å². The molecule has 0 aliphatic heterocycles. The maximum atomic E-state index is 12.0. The van der Waals surface area contributed by atoms with E-state index in [4.69, 9.17) is 11.6 Å². The van der Waals surface area contributed by atoms with Gasteiger partial charge in [-0.1, -0.05) is 53.7 Å². The largest absolute Gasteiger partial charge is 0.353 e. The van der Waals surface area contributed by atoms with Crippen LogP contribution in [0.2, 0.25) is 5.02 Å². The van der Waals surface area contributed by atoms with E-state index in [1.54, 1.807) is 0 Å². The average molecular weight is 387 g/mol. The van der Waals surface area contributed by atoms with Crippen LogP contribution in [0.4, 0.5) is 0 Å². The molecule has 0 unspecified atom stereocenters. The van der Waals surface area contributed by atoms with Crippen LogP contribution in [0.3, 0.4) is 0 Å². The van der Waals surface area contributed by atoms with E-state index < -0.39 is 0 Å². The molecule has 0 fully saturated rings. The number of aromatic nitrogens is 3. The molecule has 0 aliphatic rings. The number of carbonyl (C=O) groups is 1. The zero-order valence-electron chi connectivity index (χ0n) is 14.5. The average Bonchev–Trinajstić information content (AvgIpc) is 3.05. The third-order valence-electron chi connectivity index (χ3n) is 3.53. The second-order valence-electron chi connectivity index (χ2n) is 5.99. The van der Waals surface area contributed by atoms with Crippen LogP contribution in [0.5, 0.6) is 0 Å². The Labute approximate surface area is 161 Å². The number of hydrogen-bond acceptors (Lipinski definition) is 4. The first kappa shape index (κ1) is 18.5. The van der Waals surface area contributed by atoms with Crippen LogP contribution < -0.4 is 5.32 Å². The monoisotopic (exact) mass is 386 g/mol. The minimum Gasteiger partial charge on any atom is -0.353 e. The summed E-state index contributed by atoms with van der Waals surface area (Å²) in [5, 5.41) is 12.9. The molecule has 1 heterocycles. The summed E-state index contributed by atoms with van der Waals surface area (Å²) in [6, 6.07) is 17.4. The first-order chi connectivity index (χ1) is 12.5. The van der Waals surface area contributed by atoms with Crippen molar-refractivity contribution >= 4 is 29.3 Å². The summed E-state index contributed by atoms with van der Waals surface area (Å²) >= 11 is 7.38. The van der Waals surface area contributed by atoms with Crippen molar-refractivity contribution in [3.63, 3.8) is 0 Å². The van der Waals surface area contributed by atoms with Crippen molar-refractivity contribution < 1.29 is 4.79 Å². The van der Waals surface area contributed by atoms with Crippen molar-refractivity contribution in [1.29, 1.82) is 0 Å². The Kier molecular flexibility index (Phi) is 5.96. The first-order valence-corrected chi connectivity index (χ1v) is 9.60. The lowest BCUT2D eigenvalue weighted by molar-refractivity contribution is -0.119. The van der Waals surface area contributed by atoms with Crippen LogP contribution in [0, 0.1) is 0 Å². The summed E-state index contributed by atoms with van der Waals surface area (Å²) in [4.78, 5) is 12.0. The predicted molar refractivity (Wildman–Crippen MR) is 106 cm³/mol. The molecule has 2 aromatic carbocycles. The van der Waals surface area contributed by atoms with E-state index in [1.807, 2.05) is 73.0 Å². The lowest BCUT2D eigenvalue weighted by Gasteiger charge is -2.11. The number of halogens is 1. The molecule has 3 rings (SSSR count). The molecule has 26 heavy (non-hydrogen) atoms. The van der Waals surface area contributed by atoms with E-state index in [1.165, 1.54) is 11.8 Å². The third-order valence-corrected chi connectivity index (χ3v) is 4.71. The van der Waals surface area contributed by atoms with Gasteiger partial charge in [0.15, 0.2) is 11.0 Å². The van der Waals surface area contributed by atoms with Gasteiger partial charge >= 0.3 is 0 Å². The number of hydrogen-bond donors (Lipinski definition) is 1. The second kappa shape index (κ2) is 8.38. The minimum atomic E-state index is -0.0306. The fourth-order valence-corrected chi connectivity index (χ4v) is 3.34. The molecule has 7 heteroatoms. The Morgan fingerprint density at radius 1 is 1.12 bits per heavy atom. The third kappa shape index (κ3) is 4.45. The fourth-order valence-electron chi connectivity index (χ4n) is 2.45. The van der Waals surface area contributed by atoms with Crippen molar-refractivity contribution in [3.8, 4) is 17.1 Å². The predicted octanol–water partition coefficient (Wildman–Crippen LogP) is 4.20. The molecule has 0 saturated carbocycles. The molecule has 5 nitrogen and oxygen atoms in total. The Balaban J connectivity index is 1.95. The van der Waals surface area contributed by atoms with Gasteiger partial charge in [0.25, 0.3) is 0 Å². The highest BCUT2D eigenvalue weighted by molar-refractivity contribution is 7.99. The molecule has 3 aromatic rings. The number of rotatable bonds is 6. The molecule has 0 saturated heterocycles. The van der Waals surface area contributed by atoms with Gasteiger partial charge in [0, 0.05) is 22.3 Å². The second-order valence-corrected chi connectivity index (χ2v) is 7.37. The fraction of sp³-hybridized carbons (Fsp3) is 0.211. The minimum absolute atomic E-state index is 0.0306. The van der Waals surface area contributed by atoms with Crippen LogP contribution in [-0.2, 0) is 4.79 Å². The topological polar surface area (TPSA) is 59.8 Å². The molecule has 0 spiro atoms. The van der Waals surface area contributed by atoms with Crippen molar-refractivity contribution in [2.24, 2.45) is 0 Å². The quantitative estimate of drug-likeness (QED) is 0.645. The number of nitrogens with zero attached hydrogens (tertiary/aromatic N) is 3. The zero-order valence-corrected chi connectivity index (χ0v) is 16.1. The highest BCUT2D eigenvalue weighted by atomic mass is 35.5. The van der Waals surface area contributed by atoms with E-state index in [-0.39, 0.29) is 17.7 Å². The Morgan fingerprint density at radius 3 is 2.46 bits per heavy atom. The smallest absolute Gasteiger partial charge is 0.230 e. The van der Waals surface area contributed by atoms with E-state index >= 15 is 0 Å². The molecular formula is C19H19ClN4OS. The van der Waals surface area contributed by atoms with E-state index in [9.17, 15) is 4.79 Å². The number of amides is 1. The van der Waals surface area contributed by atoms with Gasteiger partial charge in [0.05, 0.1) is 5.75 Å². The van der Waals surface area contributed by atoms with Gasteiger partial charge in [-0.25, -0.2) is 0 Å². The zero-order chi connectivity index (χ0) is 18.5. The summed E-state index contributed by atoms with van der Waals surface area (Å²) in [5.74, 6) is 0.968. The van der Waals surface area contributed by atoms with E-state index in [0.717, 1.165) is 17.1 Å². The molecule has 1 N–H and O–H groups in total. The van der Waals surface area contributed by atoms with Crippen LogP contribution in [0.15, 0.2) is 59.8 Å². The van der Waals surface area contributed by atoms with E-state index in [2.05, 4.69) is 15.5 Å². The van der Waals surface area contributed by atoms with Gasteiger partial charge in [0.2, 0.25) is 5.91 Å². The van der Waals surface area contributed by atoms with Crippen LogP contribution >= 0.6 is 23.4 Å². The molecule has 0 radical (unpaired) electrons. The summed E-state index contributed by atoms with van der Waals surface area (Å²) in [6.45, 7) is 3.87. The van der Waals surface area contributed by atoms with Crippen LogP contribution in [-0.4, -0.2) is 32.5 Å². The van der Waals surface area contributed by atoms with Gasteiger partial charge in [-0.15, -0.1) is 10.2 Å². The first-order valence-electron chi connectivity index (χ1n) is 8.23. The Bertz CT molecular complexity index is 878. The van der Waals surface area contributed by atoms with Gasteiger partial charge < -0.3 is 5.32 Å². The number of thioether (sulfide) groups is 1. The SMILES string of the molecule is CC(C)NC(=O)CSc1nnc(-c2ccccc2)n1-c1ccc(Cl)cc1. The molecule has 0 bridgehead atoms. The molecule has 134 valence electrons. The van der Waals surface area contributed by atoms with Crippen LogP contribution in [0.25, 0.3) is 17.1 Å². The summed E-state index contributed by atoms with van der Waals surface area (Å²) < 4.78 is 1.94. The maximum absolute atomic E-state index is 12.0. The number of nitrogens with one attached hydrogen (secondary N) is 1. The molecule has 0 aliphatic carbocycles. The van der Waals surface area contributed by atoms with Gasteiger partial charge in [-0.3, -0.25) is 9.36 Å². The Hall–Kier alpha value is -2.31. The normalized spacial score (nSPS) is 10.9. The lowest BCUT2D eigenvalue weighted by Crippen LogP contribution is -2.31. The van der Waals surface area contributed by atoms with Crippen molar-refractivity contribution in [2.75, 3.05) is 5.75 Å². The summed E-state index contributed by atoms with van der Waals surface area (Å²) in [5.41, 5.74) is 1.85. The van der Waals surface area contributed by atoms with Crippen molar-refractivity contribution in [1.82, 2.24) is 20.1 Å². The molecule has 1 aromatic heterocycles.